The molecule has 164 valence electrons. The summed E-state index contributed by atoms with van der Waals surface area (Å²) in [5.41, 5.74) is 9.36. The van der Waals surface area contributed by atoms with E-state index in [1.165, 1.54) is 23.0 Å². The van der Waals surface area contributed by atoms with Gasteiger partial charge in [0.25, 0.3) is 6.20 Å². The molecule has 0 atom stereocenters. The molecule has 0 radical (unpaired) electrons. The Morgan fingerprint density at radius 2 is 1.97 bits per heavy atom. The zero-order valence-electron chi connectivity index (χ0n) is 17.1. The minimum Gasteiger partial charge on any atom is -0.857 e. The van der Waals surface area contributed by atoms with E-state index < -0.39 is 5.90 Å². The number of aryl methyl sites for hydroxylation is 1. The Labute approximate surface area is 196 Å². The molecular formula is C23H15ClFN5O2S. The van der Waals surface area contributed by atoms with Gasteiger partial charge >= 0.3 is 5.88 Å². The lowest BCUT2D eigenvalue weighted by Gasteiger charge is -2.10. The topological polar surface area (TPSA) is 104 Å². The number of halogens is 2. The van der Waals surface area contributed by atoms with Crippen molar-refractivity contribution >= 4 is 50.6 Å². The van der Waals surface area contributed by atoms with E-state index in [1.54, 1.807) is 31.3 Å². The fourth-order valence-electron chi connectivity index (χ4n) is 3.45. The van der Waals surface area contributed by atoms with Crippen LogP contribution < -0.4 is 15.5 Å². The van der Waals surface area contributed by atoms with Crippen molar-refractivity contribution in [2.24, 2.45) is 12.0 Å². The average Bonchev–Trinajstić information content (AvgIpc) is 3.36. The molecule has 3 heterocycles. The van der Waals surface area contributed by atoms with Gasteiger partial charge in [-0.15, -0.1) is 11.3 Å². The van der Waals surface area contributed by atoms with Crippen LogP contribution in [0.1, 0.15) is 4.88 Å². The molecule has 0 amide bonds. The highest BCUT2D eigenvalue weighted by Crippen LogP contribution is 2.41. The summed E-state index contributed by atoms with van der Waals surface area (Å²) in [5, 5.41) is 17.7. The lowest BCUT2D eigenvalue weighted by atomic mass is 9.99. The summed E-state index contributed by atoms with van der Waals surface area (Å²) in [7, 11) is 1.65. The van der Waals surface area contributed by atoms with Crippen LogP contribution in [0.3, 0.4) is 0 Å². The van der Waals surface area contributed by atoms with E-state index >= 15 is 0 Å². The summed E-state index contributed by atoms with van der Waals surface area (Å²) < 4.78 is 20.4. The first kappa shape index (κ1) is 21.0. The number of aromatic nitrogens is 3. The quantitative estimate of drug-likeness (QED) is 0.235. The summed E-state index contributed by atoms with van der Waals surface area (Å²) in [6.07, 6.45) is 1.47. The second-order valence-corrected chi connectivity index (χ2v) is 8.66. The summed E-state index contributed by atoms with van der Waals surface area (Å²) in [6.45, 7) is 0. The molecule has 0 fully saturated rings. The molecule has 0 bridgehead atoms. The number of nitrogen functional groups attached to an aromatic ring is 1. The molecule has 33 heavy (non-hydrogen) atoms. The van der Waals surface area contributed by atoms with Gasteiger partial charge < -0.3 is 10.8 Å². The normalized spacial score (nSPS) is 11.9. The van der Waals surface area contributed by atoms with Crippen LogP contribution in [-0.2, 0) is 7.05 Å². The Morgan fingerprint density at radius 3 is 2.67 bits per heavy atom. The number of nitrogens with zero attached hydrogens (tertiary/aromatic N) is 4. The summed E-state index contributed by atoms with van der Waals surface area (Å²) >= 11 is 7.14. The molecule has 0 unspecified atom stereocenters. The van der Waals surface area contributed by atoms with E-state index in [4.69, 9.17) is 26.8 Å². The number of anilines is 1. The number of aliphatic imine (C=N–C) groups is 1. The molecule has 0 aliphatic rings. The molecule has 0 saturated carbocycles. The number of hydrogen-bond acceptors (Lipinski definition) is 7. The van der Waals surface area contributed by atoms with Gasteiger partial charge in [0, 0.05) is 21.9 Å². The van der Waals surface area contributed by atoms with Crippen LogP contribution in [0.4, 0.5) is 16.0 Å². The van der Waals surface area contributed by atoms with Gasteiger partial charge in [0.05, 0.1) is 16.3 Å². The van der Waals surface area contributed by atoms with E-state index in [0.717, 1.165) is 16.9 Å². The number of benzene rings is 2. The van der Waals surface area contributed by atoms with E-state index in [0.29, 0.717) is 32.1 Å². The van der Waals surface area contributed by atoms with E-state index in [2.05, 4.69) is 10.3 Å². The zero-order valence-corrected chi connectivity index (χ0v) is 18.7. The summed E-state index contributed by atoms with van der Waals surface area (Å²) in [6, 6.07) is 15.2. The molecule has 10 heteroatoms. The Morgan fingerprint density at radius 1 is 1.18 bits per heavy atom. The third-order valence-corrected chi connectivity index (χ3v) is 6.28. The van der Waals surface area contributed by atoms with E-state index in [9.17, 15) is 9.50 Å². The van der Waals surface area contributed by atoms with E-state index in [1.807, 2.05) is 18.2 Å². The molecule has 5 aromatic rings. The van der Waals surface area contributed by atoms with Crippen molar-refractivity contribution in [1.29, 1.82) is 0 Å². The molecule has 2 aromatic carbocycles. The van der Waals surface area contributed by atoms with Crippen LogP contribution in [-0.4, -0.2) is 16.2 Å². The van der Waals surface area contributed by atoms with Gasteiger partial charge in [0.2, 0.25) is 0 Å². The first-order chi connectivity index (χ1) is 15.9. The van der Waals surface area contributed by atoms with Crippen LogP contribution in [0.25, 0.3) is 32.6 Å². The molecular weight excluding hydrogens is 465 g/mol. The maximum Gasteiger partial charge on any atom is 0.320 e. The Bertz CT molecular complexity index is 1530. The summed E-state index contributed by atoms with van der Waals surface area (Å²) in [4.78, 5) is 9.42. The molecule has 7 nitrogen and oxygen atoms in total. The van der Waals surface area contributed by atoms with Gasteiger partial charge in [-0.25, -0.2) is 14.4 Å². The zero-order chi connectivity index (χ0) is 23.1. The first-order valence-corrected chi connectivity index (χ1v) is 10.9. The van der Waals surface area contributed by atoms with Crippen molar-refractivity contribution in [2.75, 3.05) is 5.73 Å². The fourth-order valence-corrected chi connectivity index (χ4v) is 4.58. The largest absolute Gasteiger partial charge is 0.857 e. The molecule has 0 spiro atoms. The van der Waals surface area contributed by atoms with Gasteiger partial charge in [0.15, 0.2) is 12.3 Å². The van der Waals surface area contributed by atoms with Crippen LogP contribution in [0.15, 0.2) is 70.3 Å². The smallest absolute Gasteiger partial charge is 0.320 e. The number of rotatable bonds is 4. The number of hydrogen-bond donors (Lipinski definition) is 1. The second kappa shape index (κ2) is 8.27. The minimum atomic E-state index is -0.578. The third-order valence-electron chi connectivity index (χ3n) is 4.94. The average molecular weight is 480 g/mol. The van der Waals surface area contributed by atoms with Crippen LogP contribution in [0.2, 0.25) is 5.02 Å². The standard InChI is InChI=1S/C23H15ClFN5O2S/c1-30-11-18(32-29-30)28-22(31)21-20(26)19-16(13-3-2-4-15(25)9-13)10-17(27-23(19)33-21)12-5-7-14(24)8-6-12/h2-11H,1H3,(H2-,26,28,29,31). The second-order valence-electron chi connectivity index (χ2n) is 7.23. The molecule has 0 aliphatic carbocycles. The monoisotopic (exact) mass is 479 g/mol. The fraction of sp³-hybridized carbons (Fsp3) is 0.0435. The predicted octanol–water partition coefficient (Wildman–Crippen LogP) is 4.26. The minimum absolute atomic E-state index is 0.0551. The van der Waals surface area contributed by atoms with Crippen molar-refractivity contribution in [3.8, 4) is 22.4 Å². The van der Waals surface area contributed by atoms with Crippen LogP contribution >= 0.6 is 22.9 Å². The maximum atomic E-state index is 14.1. The highest BCUT2D eigenvalue weighted by atomic mass is 35.5. The number of thiophene rings is 1. The molecule has 3 aromatic heterocycles. The number of fused-ring (bicyclic) bond motifs is 1. The molecule has 2 N–H and O–H groups in total. The highest BCUT2D eigenvalue weighted by Gasteiger charge is 2.19. The van der Waals surface area contributed by atoms with Gasteiger partial charge in [0.1, 0.15) is 10.6 Å². The van der Waals surface area contributed by atoms with Gasteiger partial charge in [-0.3, -0.25) is 4.52 Å². The van der Waals surface area contributed by atoms with Crippen LogP contribution in [0, 0.1) is 5.82 Å². The van der Waals surface area contributed by atoms with E-state index in [-0.39, 0.29) is 22.3 Å². The number of nitrogens with two attached hydrogens (primary N) is 1. The lowest BCUT2D eigenvalue weighted by Crippen LogP contribution is -2.27. The van der Waals surface area contributed by atoms with Gasteiger partial charge in [-0.05, 0) is 41.5 Å². The predicted molar refractivity (Wildman–Crippen MR) is 124 cm³/mol. The molecule has 5 rings (SSSR count). The SMILES string of the molecule is C[n+]1cc(/N=C(\[O-])c2sc3nc(-c4ccc(Cl)cc4)cc(-c4cccc(F)c4)c3c2N)on1. The van der Waals surface area contributed by atoms with Gasteiger partial charge in [-0.1, -0.05) is 40.5 Å². The Balaban J connectivity index is 1.74. The Hall–Kier alpha value is -3.82. The van der Waals surface area contributed by atoms with Crippen molar-refractivity contribution in [1.82, 2.24) is 10.3 Å². The van der Waals surface area contributed by atoms with Crippen molar-refractivity contribution in [3.05, 3.63) is 76.5 Å². The van der Waals surface area contributed by atoms with Gasteiger partial charge in [-0.2, -0.15) is 0 Å². The van der Waals surface area contributed by atoms with Crippen molar-refractivity contribution < 1.29 is 18.7 Å². The Kier molecular flexibility index (Phi) is 5.27. The third kappa shape index (κ3) is 4.04. The highest BCUT2D eigenvalue weighted by molar-refractivity contribution is 7.21. The maximum absolute atomic E-state index is 14.1. The van der Waals surface area contributed by atoms with Crippen molar-refractivity contribution in [2.45, 2.75) is 0 Å². The lowest BCUT2D eigenvalue weighted by molar-refractivity contribution is -0.739. The molecule has 0 aliphatic heterocycles. The molecule has 0 saturated heterocycles. The summed E-state index contributed by atoms with van der Waals surface area (Å²) in [5.74, 6) is -0.909. The first-order valence-electron chi connectivity index (χ1n) is 9.72. The number of pyridine rings is 1. The van der Waals surface area contributed by atoms with Crippen molar-refractivity contribution in [3.63, 3.8) is 0 Å². The van der Waals surface area contributed by atoms with Crippen LogP contribution in [0.5, 0.6) is 0 Å².